The van der Waals surface area contributed by atoms with Crippen LogP contribution in [0.4, 0.5) is 0 Å². The highest BCUT2D eigenvalue weighted by molar-refractivity contribution is 5.86. The van der Waals surface area contributed by atoms with Crippen molar-refractivity contribution >= 4 is 5.97 Å². The lowest BCUT2D eigenvalue weighted by Gasteiger charge is -2.09. The second-order valence-electron chi connectivity index (χ2n) is 5.57. The first-order valence-electron chi connectivity index (χ1n) is 7.42. The van der Waals surface area contributed by atoms with Crippen LogP contribution in [0.25, 0.3) is 0 Å². The van der Waals surface area contributed by atoms with Crippen molar-refractivity contribution in [3.63, 3.8) is 0 Å². The summed E-state index contributed by atoms with van der Waals surface area (Å²) in [5.74, 6) is 0.354. The van der Waals surface area contributed by atoms with E-state index in [4.69, 9.17) is 9.47 Å². The Hall–Kier alpha value is -2.37. The molecule has 1 heterocycles. The smallest absolute Gasteiger partial charge is 0.360 e. The van der Waals surface area contributed by atoms with Crippen LogP contribution in [-0.2, 0) is 4.74 Å². The van der Waals surface area contributed by atoms with Crippen molar-refractivity contribution < 1.29 is 14.3 Å². The third-order valence-corrected chi connectivity index (χ3v) is 3.56. The van der Waals surface area contributed by atoms with Crippen molar-refractivity contribution in [3.8, 4) is 5.75 Å². The van der Waals surface area contributed by atoms with Gasteiger partial charge in [0.1, 0.15) is 19.0 Å². The maximum Gasteiger partial charge on any atom is 0.360 e. The van der Waals surface area contributed by atoms with Crippen molar-refractivity contribution in [2.45, 2.75) is 32.7 Å². The summed E-state index contributed by atoms with van der Waals surface area (Å²) in [4.78, 5) is 11.8. The molecule has 0 spiro atoms. The lowest BCUT2D eigenvalue weighted by molar-refractivity contribution is 0.0443. The number of carbonyl (C=O) groups is 1. The second-order valence-corrected chi connectivity index (χ2v) is 5.57. The molecule has 1 aromatic carbocycles. The molecule has 116 valence electrons. The fourth-order valence-corrected chi connectivity index (χ4v) is 2.11. The average Bonchev–Trinajstić information content (AvgIpc) is 3.24. The number of esters is 1. The molecular weight excluding hydrogens is 282 g/mol. The standard InChI is InChI=1S/C16H19N3O3/c1-11-3-4-12(2)15(9-11)21-7-8-22-16(20)14-10-19(18-17-14)13-5-6-13/h3-4,9-10,13H,5-8H2,1-2H3. The van der Waals surface area contributed by atoms with Gasteiger partial charge >= 0.3 is 5.97 Å². The molecule has 1 aliphatic carbocycles. The summed E-state index contributed by atoms with van der Waals surface area (Å²) in [7, 11) is 0. The van der Waals surface area contributed by atoms with Gasteiger partial charge in [-0.05, 0) is 43.9 Å². The number of nitrogens with zero attached hydrogens (tertiary/aromatic N) is 3. The van der Waals surface area contributed by atoms with Crippen molar-refractivity contribution in [1.29, 1.82) is 0 Å². The third-order valence-electron chi connectivity index (χ3n) is 3.56. The number of benzene rings is 1. The van der Waals surface area contributed by atoms with E-state index in [1.54, 1.807) is 10.9 Å². The molecule has 0 amide bonds. The minimum Gasteiger partial charge on any atom is -0.490 e. The summed E-state index contributed by atoms with van der Waals surface area (Å²) in [5, 5.41) is 7.77. The Kier molecular flexibility index (Phi) is 4.09. The normalized spacial score (nSPS) is 13.9. The summed E-state index contributed by atoms with van der Waals surface area (Å²) in [6.07, 6.45) is 3.84. The SMILES string of the molecule is Cc1ccc(C)c(OCCOC(=O)c2cn(C3CC3)nn2)c1. The molecule has 0 unspecified atom stereocenters. The van der Waals surface area contributed by atoms with Crippen LogP contribution in [-0.4, -0.2) is 34.2 Å². The Labute approximate surface area is 129 Å². The molecule has 1 aromatic heterocycles. The number of rotatable bonds is 6. The van der Waals surface area contributed by atoms with Gasteiger partial charge in [-0.25, -0.2) is 9.48 Å². The molecule has 2 aromatic rings. The van der Waals surface area contributed by atoms with Gasteiger partial charge in [-0.3, -0.25) is 0 Å². The predicted octanol–water partition coefficient (Wildman–Crippen LogP) is 2.47. The highest BCUT2D eigenvalue weighted by Gasteiger charge is 2.26. The zero-order chi connectivity index (χ0) is 15.5. The fraction of sp³-hybridized carbons (Fsp3) is 0.438. The van der Waals surface area contributed by atoms with Gasteiger partial charge in [-0.2, -0.15) is 0 Å². The molecule has 3 rings (SSSR count). The first kappa shape index (κ1) is 14.6. The number of aromatic nitrogens is 3. The zero-order valence-corrected chi connectivity index (χ0v) is 12.8. The number of hydrogen-bond donors (Lipinski definition) is 0. The number of hydrogen-bond acceptors (Lipinski definition) is 5. The van der Waals surface area contributed by atoms with E-state index >= 15 is 0 Å². The molecule has 0 N–H and O–H groups in total. The van der Waals surface area contributed by atoms with Gasteiger partial charge in [0.25, 0.3) is 0 Å². The van der Waals surface area contributed by atoms with Crippen molar-refractivity contribution in [2.24, 2.45) is 0 Å². The summed E-state index contributed by atoms with van der Waals surface area (Å²) in [6, 6.07) is 6.41. The molecule has 1 saturated carbocycles. The molecular formula is C16H19N3O3. The summed E-state index contributed by atoms with van der Waals surface area (Å²) >= 11 is 0. The van der Waals surface area contributed by atoms with E-state index in [2.05, 4.69) is 10.3 Å². The minimum absolute atomic E-state index is 0.183. The van der Waals surface area contributed by atoms with E-state index in [1.165, 1.54) is 0 Å². The maximum absolute atomic E-state index is 11.8. The quantitative estimate of drug-likeness (QED) is 0.605. The second kappa shape index (κ2) is 6.17. The van der Waals surface area contributed by atoms with E-state index in [1.807, 2.05) is 32.0 Å². The van der Waals surface area contributed by atoms with Gasteiger partial charge in [0.2, 0.25) is 0 Å². The van der Waals surface area contributed by atoms with Gasteiger partial charge in [-0.15, -0.1) is 5.10 Å². The van der Waals surface area contributed by atoms with Crippen LogP contribution in [0.5, 0.6) is 5.75 Å². The Balaban J connectivity index is 1.46. The molecule has 0 bridgehead atoms. The number of ether oxygens (including phenoxy) is 2. The summed E-state index contributed by atoms with van der Waals surface area (Å²) in [5.41, 5.74) is 2.44. The van der Waals surface area contributed by atoms with Crippen LogP contribution in [0.1, 0.15) is 40.5 Å². The Morgan fingerprint density at radius 3 is 2.91 bits per heavy atom. The first-order chi connectivity index (χ1) is 10.6. The lowest BCUT2D eigenvalue weighted by Crippen LogP contribution is -2.13. The molecule has 1 fully saturated rings. The number of carbonyl (C=O) groups excluding carboxylic acids is 1. The zero-order valence-electron chi connectivity index (χ0n) is 12.8. The van der Waals surface area contributed by atoms with Crippen LogP contribution < -0.4 is 4.74 Å². The topological polar surface area (TPSA) is 66.2 Å². The molecule has 0 radical (unpaired) electrons. The number of aryl methyl sites for hydroxylation is 2. The van der Waals surface area contributed by atoms with E-state index < -0.39 is 5.97 Å². The molecule has 0 aliphatic heterocycles. The highest BCUT2D eigenvalue weighted by atomic mass is 16.6. The molecule has 0 saturated heterocycles. The first-order valence-corrected chi connectivity index (χ1v) is 7.42. The van der Waals surface area contributed by atoms with E-state index in [-0.39, 0.29) is 12.3 Å². The largest absolute Gasteiger partial charge is 0.490 e. The molecule has 0 atom stereocenters. The Morgan fingerprint density at radius 2 is 2.14 bits per heavy atom. The molecule has 6 heteroatoms. The van der Waals surface area contributed by atoms with Crippen molar-refractivity contribution in [3.05, 3.63) is 41.2 Å². The van der Waals surface area contributed by atoms with Crippen LogP contribution in [0.3, 0.4) is 0 Å². The van der Waals surface area contributed by atoms with E-state index in [0.717, 1.165) is 29.7 Å². The fourth-order valence-electron chi connectivity index (χ4n) is 2.11. The van der Waals surface area contributed by atoms with Gasteiger partial charge in [0, 0.05) is 0 Å². The van der Waals surface area contributed by atoms with Gasteiger partial charge in [-0.1, -0.05) is 17.3 Å². The molecule has 6 nitrogen and oxygen atoms in total. The summed E-state index contributed by atoms with van der Waals surface area (Å²) < 4.78 is 12.5. The van der Waals surface area contributed by atoms with Crippen LogP contribution in [0.15, 0.2) is 24.4 Å². The predicted molar refractivity (Wildman–Crippen MR) is 80.0 cm³/mol. The van der Waals surface area contributed by atoms with Crippen molar-refractivity contribution in [2.75, 3.05) is 13.2 Å². The van der Waals surface area contributed by atoms with Crippen LogP contribution >= 0.6 is 0 Å². The van der Waals surface area contributed by atoms with E-state index in [9.17, 15) is 4.79 Å². The third kappa shape index (κ3) is 3.44. The van der Waals surface area contributed by atoms with E-state index in [0.29, 0.717) is 12.6 Å². The average molecular weight is 301 g/mol. The Bertz CT molecular complexity index is 677. The van der Waals surface area contributed by atoms with Gasteiger partial charge < -0.3 is 9.47 Å². The summed E-state index contributed by atoms with van der Waals surface area (Å²) in [6.45, 7) is 4.49. The minimum atomic E-state index is -0.462. The van der Waals surface area contributed by atoms with Gasteiger partial charge in [0.05, 0.1) is 12.2 Å². The van der Waals surface area contributed by atoms with Crippen LogP contribution in [0.2, 0.25) is 0 Å². The Morgan fingerprint density at radius 1 is 1.32 bits per heavy atom. The maximum atomic E-state index is 11.8. The molecule has 1 aliphatic rings. The van der Waals surface area contributed by atoms with Crippen LogP contribution in [0, 0.1) is 13.8 Å². The lowest BCUT2D eigenvalue weighted by atomic mass is 10.1. The molecule has 22 heavy (non-hydrogen) atoms. The van der Waals surface area contributed by atoms with Crippen molar-refractivity contribution in [1.82, 2.24) is 15.0 Å². The monoisotopic (exact) mass is 301 g/mol. The highest BCUT2D eigenvalue weighted by Crippen LogP contribution is 2.33. The van der Waals surface area contributed by atoms with Gasteiger partial charge in [0.15, 0.2) is 5.69 Å².